The van der Waals surface area contributed by atoms with Crippen molar-refractivity contribution >= 4 is 24.0 Å². The summed E-state index contributed by atoms with van der Waals surface area (Å²) >= 11 is 0. The van der Waals surface area contributed by atoms with E-state index in [0.29, 0.717) is 11.5 Å². The van der Waals surface area contributed by atoms with Crippen molar-refractivity contribution in [3.63, 3.8) is 0 Å². The molecule has 0 fully saturated rings. The van der Waals surface area contributed by atoms with Gasteiger partial charge in [0.1, 0.15) is 0 Å². The van der Waals surface area contributed by atoms with Crippen molar-refractivity contribution < 1.29 is 13.4 Å². The van der Waals surface area contributed by atoms with E-state index in [9.17, 15) is 9.00 Å². The summed E-state index contributed by atoms with van der Waals surface area (Å²) in [6, 6.07) is 7.41. The molecule has 1 aromatic carbocycles. The Morgan fingerprint density at radius 2 is 1.72 bits per heavy atom. The van der Waals surface area contributed by atoms with Gasteiger partial charge in [-0.05, 0) is 35.8 Å². The van der Waals surface area contributed by atoms with Crippen LogP contribution in [0.25, 0.3) is 0 Å². The molecule has 0 heterocycles. The number of amides is 1. The Bertz CT molecular complexity index is 749. The number of carbonyl (C=O) groups excluding carboxylic acids is 1. The Balaban J connectivity index is 3.08. The average molecular weight is 384 g/mol. The maximum atomic E-state index is 12.9. The molecule has 0 saturated carbocycles. The minimum atomic E-state index is -2.77. The van der Waals surface area contributed by atoms with Gasteiger partial charge >= 0.3 is 0 Å². The smallest absolute Gasteiger partial charge is 0.259 e. The van der Waals surface area contributed by atoms with E-state index >= 15 is 0 Å². The van der Waals surface area contributed by atoms with Crippen LogP contribution in [0.3, 0.4) is 0 Å². The van der Waals surface area contributed by atoms with Crippen LogP contribution in [0.15, 0.2) is 33.5 Å². The molecule has 0 aliphatic carbocycles. The maximum absolute atomic E-state index is 12.9. The van der Waals surface area contributed by atoms with Crippen molar-refractivity contribution in [2.24, 2.45) is 9.78 Å². The molecule has 1 amide bonds. The lowest BCUT2D eigenvalue weighted by atomic mass is 9.96. The number of nitrogens with zero attached hydrogens (tertiary/aromatic N) is 1. The van der Waals surface area contributed by atoms with Crippen LogP contribution in [0.4, 0.5) is 0 Å². The van der Waals surface area contributed by atoms with Gasteiger partial charge in [0.05, 0.1) is 16.3 Å². The molecule has 1 aromatic rings. The van der Waals surface area contributed by atoms with E-state index in [-0.39, 0.29) is 10.9 Å². The Labute approximate surface area is 154 Å². The molecule has 1 rings (SSSR count). The summed E-state index contributed by atoms with van der Waals surface area (Å²) in [5, 5.41) is 0.136. The molecule has 0 radical (unpaired) electrons. The van der Waals surface area contributed by atoms with Gasteiger partial charge in [-0.2, -0.15) is 4.36 Å². The summed E-state index contributed by atoms with van der Waals surface area (Å²) in [7, 11) is -4.62. The van der Waals surface area contributed by atoms with Gasteiger partial charge < -0.3 is 4.43 Å². The van der Waals surface area contributed by atoms with Gasteiger partial charge in [-0.25, -0.2) is 4.21 Å². The fraction of sp³-hybridized carbons (Fsp3) is 0.632. The summed E-state index contributed by atoms with van der Waals surface area (Å²) < 4.78 is 23.2. The summed E-state index contributed by atoms with van der Waals surface area (Å²) in [5.41, 5.74) is 0.317. The van der Waals surface area contributed by atoms with Crippen molar-refractivity contribution in [3.8, 4) is 0 Å². The molecule has 25 heavy (non-hydrogen) atoms. The molecule has 142 valence electrons. The predicted octanol–water partition coefficient (Wildman–Crippen LogP) is 5.24. The van der Waals surface area contributed by atoms with Gasteiger partial charge in [0.2, 0.25) is 0 Å². The molecule has 6 heteroatoms. The first kappa shape index (κ1) is 22.1. The monoisotopic (exact) mass is 383 g/mol. The first-order valence-electron chi connectivity index (χ1n) is 8.56. The largest absolute Gasteiger partial charge is 0.413 e. The third-order valence-electron chi connectivity index (χ3n) is 4.64. The summed E-state index contributed by atoms with van der Waals surface area (Å²) in [6.45, 7) is 16.8. The van der Waals surface area contributed by atoms with Crippen LogP contribution in [-0.2, 0) is 25.6 Å². The lowest BCUT2D eigenvalue weighted by molar-refractivity contribution is -0.124. The molecule has 0 saturated heterocycles. The lowest BCUT2D eigenvalue weighted by Crippen LogP contribution is -2.40. The van der Waals surface area contributed by atoms with Crippen LogP contribution in [-0.4, -0.2) is 24.7 Å². The summed E-state index contributed by atoms with van der Waals surface area (Å²) in [5.74, 6) is -0.345. The van der Waals surface area contributed by atoms with E-state index in [1.165, 1.54) is 6.26 Å². The van der Waals surface area contributed by atoms with Crippen molar-refractivity contribution in [2.45, 2.75) is 71.2 Å². The highest BCUT2D eigenvalue weighted by Gasteiger charge is 2.37. The zero-order chi connectivity index (χ0) is 19.7. The third-order valence-corrected chi connectivity index (χ3v) is 10.8. The Kier molecular flexibility index (Phi) is 6.47. The predicted molar refractivity (Wildman–Crippen MR) is 108 cm³/mol. The van der Waals surface area contributed by atoms with Crippen molar-refractivity contribution in [3.05, 3.63) is 29.8 Å². The van der Waals surface area contributed by atoms with E-state index in [0.717, 1.165) is 5.56 Å². The number of hydrogen-bond acceptors (Lipinski definition) is 3. The zero-order valence-corrected chi connectivity index (χ0v) is 18.9. The van der Waals surface area contributed by atoms with Crippen molar-refractivity contribution in [1.29, 1.82) is 0 Å². The quantitative estimate of drug-likeness (QED) is 0.668. The van der Waals surface area contributed by atoms with E-state index in [1.807, 2.05) is 18.2 Å². The third kappa shape index (κ3) is 6.04. The Hall–Kier alpha value is -0.983. The first-order valence-corrected chi connectivity index (χ1v) is 13.4. The van der Waals surface area contributed by atoms with E-state index in [4.69, 9.17) is 4.43 Å². The molecule has 0 spiro atoms. The van der Waals surface area contributed by atoms with E-state index < -0.39 is 23.5 Å². The highest BCUT2D eigenvalue weighted by atomic mass is 32.2. The molecule has 0 bridgehead atoms. The minimum absolute atomic E-state index is 0.136. The van der Waals surface area contributed by atoms with Gasteiger partial charge in [-0.3, -0.25) is 4.79 Å². The summed E-state index contributed by atoms with van der Waals surface area (Å²) in [6.07, 6.45) is 1.52. The van der Waals surface area contributed by atoms with Crippen LogP contribution in [0.2, 0.25) is 18.1 Å². The van der Waals surface area contributed by atoms with Crippen LogP contribution >= 0.6 is 0 Å². The molecule has 0 unspecified atom stereocenters. The molecule has 0 aromatic heterocycles. The first-order chi connectivity index (χ1) is 11.1. The fourth-order valence-electron chi connectivity index (χ4n) is 1.70. The standard InChI is InChI=1S/C19H33NO3SSi/c1-18(2,3)17(21)20-24(7,22)16-12-10-11-15(13-16)14-23-25(8,9)19(4,5)6/h10-13H,14H2,1-9H3/t24-/m0/s1. The molecule has 0 aliphatic heterocycles. The maximum Gasteiger partial charge on any atom is 0.259 e. The second kappa shape index (κ2) is 7.33. The average Bonchev–Trinajstić information content (AvgIpc) is 2.43. The Morgan fingerprint density at radius 1 is 1.16 bits per heavy atom. The second-order valence-electron chi connectivity index (χ2n) is 9.15. The second-order valence-corrected chi connectivity index (χ2v) is 16.2. The van der Waals surface area contributed by atoms with Gasteiger partial charge in [0.25, 0.3) is 5.91 Å². The SMILES string of the molecule is CC(C)(C)C(=O)N=[S@@](C)(=O)c1cccc(CO[Si](C)(C)C(C)(C)C)c1. The minimum Gasteiger partial charge on any atom is -0.413 e. The van der Waals surface area contributed by atoms with Gasteiger partial charge in [-0.1, -0.05) is 53.7 Å². The number of benzene rings is 1. The van der Waals surface area contributed by atoms with Crippen molar-refractivity contribution in [2.75, 3.05) is 6.26 Å². The molecule has 1 atom stereocenters. The van der Waals surface area contributed by atoms with E-state index in [1.54, 1.807) is 26.8 Å². The number of rotatable bonds is 4. The topological polar surface area (TPSA) is 55.7 Å². The van der Waals surface area contributed by atoms with Crippen molar-refractivity contribution in [1.82, 2.24) is 0 Å². The van der Waals surface area contributed by atoms with Gasteiger partial charge in [0, 0.05) is 16.6 Å². The van der Waals surface area contributed by atoms with E-state index in [2.05, 4.69) is 38.2 Å². The van der Waals surface area contributed by atoms with Crippen LogP contribution in [0.5, 0.6) is 0 Å². The molecular formula is C19H33NO3SSi. The molecule has 0 aliphatic rings. The van der Waals surface area contributed by atoms with Crippen LogP contribution in [0, 0.1) is 5.41 Å². The number of hydrogen-bond donors (Lipinski definition) is 0. The van der Waals surface area contributed by atoms with Crippen LogP contribution in [0.1, 0.15) is 47.1 Å². The van der Waals surface area contributed by atoms with Gasteiger partial charge in [0.15, 0.2) is 8.32 Å². The molecule has 0 N–H and O–H groups in total. The lowest BCUT2D eigenvalue weighted by Gasteiger charge is -2.36. The molecular weight excluding hydrogens is 350 g/mol. The van der Waals surface area contributed by atoms with Crippen LogP contribution < -0.4 is 0 Å². The Morgan fingerprint density at radius 3 is 2.20 bits per heavy atom. The van der Waals surface area contributed by atoms with Gasteiger partial charge in [-0.15, -0.1) is 0 Å². The fourth-order valence-corrected chi connectivity index (χ4v) is 4.06. The zero-order valence-electron chi connectivity index (χ0n) is 17.1. The highest BCUT2D eigenvalue weighted by Crippen LogP contribution is 2.37. The summed E-state index contributed by atoms with van der Waals surface area (Å²) in [4.78, 5) is 12.7. The number of carbonyl (C=O) groups is 1. The molecule has 4 nitrogen and oxygen atoms in total. The highest BCUT2D eigenvalue weighted by molar-refractivity contribution is 7.93. The normalized spacial score (nSPS) is 15.6.